The molecule has 11 nitrogen and oxygen atoms in total. The topological polar surface area (TPSA) is 157 Å². The summed E-state index contributed by atoms with van der Waals surface area (Å²) in [7, 11) is 1.51. The Balaban J connectivity index is 1.51. The predicted octanol–water partition coefficient (Wildman–Crippen LogP) is 4.83. The van der Waals surface area contributed by atoms with Gasteiger partial charge in [-0.25, -0.2) is 14.4 Å². The molecule has 0 bridgehead atoms. The van der Waals surface area contributed by atoms with Crippen LogP contribution < -0.4 is 26.4 Å². The number of Topliss-reactive ketones (excluding diaryl/α,β-unsaturated/α-hetero) is 1. The number of carbonyl (C=O) groups excluding carboxylic acids is 2. The zero-order valence-corrected chi connectivity index (χ0v) is 22.3. The van der Waals surface area contributed by atoms with Gasteiger partial charge in [0.2, 0.25) is 5.96 Å². The Morgan fingerprint density at radius 1 is 1.20 bits per heavy atom. The number of hydrogen-bond acceptors (Lipinski definition) is 10. The summed E-state index contributed by atoms with van der Waals surface area (Å²) in [5, 5.41) is 9.01. The van der Waals surface area contributed by atoms with Gasteiger partial charge in [-0.2, -0.15) is 4.98 Å². The lowest BCUT2D eigenvalue weighted by atomic mass is 9.95. The number of anilines is 3. The fourth-order valence-corrected chi connectivity index (χ4v) is 4.41. The van der Waals surface area contributed by atoms with Gasteiger partial charge in [0.05, 0.1) is 18.4 Å². The molecule has 1 amide bonds. The van der Waals surface area contributed by atoms with Crippen molar-refractivity contribution in [2.24, 2.45) is 4.99 Å². The Hall–Kier alpha value is -4.97. The molecule has 3 heterocycles. The Morgan fingerprint density at radius 2 is 2.00 bits per heavy atom. The number of ketones is 1. The lowest BCUT2D eigenvalue weighted by molar-refractivity contribution is -0.113. The lowest BCUT2D eigenvalue weighted by Gasteiger charge is -2.27. The molecule has 13 heteroatoms. The zero-order valence-electron chi connectivity index (χ0n) is 21.5. The first kappa shape index (κ1) is 26.6. The van der Waals surface area contributed by atoms with E-state index in [1.165, 1.54) is 32.4 Å². The molecular formula is C27H23ClFN7O4. The number of hydrogen-bond donors (Lipinski definition) is 4. The smallest absolute Gasteiger partial charge is 0.302 e. The van der Waals surface area contributed by atoms with E-state index < -0.39 is 17.8 Å². The summed E-state index contributed by atoms with van der Waals surface area (Å²) in [6, 6.07) is 9.71. The second kappa shape index (κ2) is 10.7. The number of rotatable bonds is 6. The molecule has 40 heavy (non-hydrogen) atoms. The van der Waals surface area contributed by atoms with Crippen molar-refractivity contribution in [3.63, 3.8) is 0 Å². The van der Waals surface area contributed by atoms with Crippen molar-refractivity contribution in [3.05, 3.63) is 81.9 Å². The largest absolute Gasteiger partial charge is 0.497 e. The number of methoxy groups -OCH3 is 1. The first-order valence-electron chi connectivity index (χ1n) is 11.9. The van der Waals surface area contributed by atoms with E-state index in [-0.39, 0.29) is 40.4 Å². The first-order valence-corrected chi connectivity index (χ1v) is 12.3. The molecule has 1 aliphatic rings. The van der Waals surface area contributed by atoms with Crippen LogP contribution in [-0.4, -0.2) is 34.7 Å². The summed E-state index contributed by atoms with van der Waals surface area (Å²) in [5.74, 6) is -0.382. The molecule has 2 aromatic heterocycles. The van der Waals surface area contributed by atoms with E-state index in [9.17, 15) is 14.0 Å². The molecule has 1 aliphatic heterocycles. The van der Waals surface area contributed by atoms with Gasteiger partial charge in [-0.3, -0.25) is 14.9 Å². The summed E-state index contributed by atoms with van der Waals surface area (Å²) in [4.78, 5) is 38.5. The number of nitrogen functional groups attached to an aromatic ring is 1. The van der Waals surface area contributed by atoms with Crippen LogP contribution in [0.5, 0.6) is 5.75 Å². The van der Waals surface area contributed by atoms with Crippen molar-refractivity contribution in [1.29, 1.82) is 0 Å². The number of ether oxygens (including phenoxy) is 1. The number of guanidine groups is 1. The summed E-state index contributed by atoms with van der Waals surface area (Å²) in [6.07, 6.45) is 1.44. The highest BCUT2D eigenvalue weighted by Crippen LogP contribution is 2.37. The van der Waals surface area contributed by atoms with Crippen molar-refractivity contribution in [1.82, 2.24) is 15.3 Å². The Kier molecular flexibility index (Phi) is 7.09. The van der Waals surface area contributed by atoms with Crippen LogP contribution in [0.2, 0.25) is 5.02 Å². The van der Waals surface area contributed by atoms with Crippen LogP contribution in [0, 0.1) is 5.82 Å². The maximum Gasteiger partial charge on any atom is 0.302 e. The number of nitrogens with zero attached hydrogens (tertiary/aromatic N) is 3. The Morgan fingerprint density at radius 3 is 2.73 bits per heavy atom. The number of aromatic nitrogens is 2. The van der Waals surface area contributed by atoms with Gasteiger partial charge in [-0.1, -0.05) is 17.7 Å². The third-order valence-corrected chi connectivity index (χ3v) is 6.46. The summed E-state index contributed by atoms with van der Waals surface area (Å²) in [6.45, 7) is 3.11. The van der Waals surface area contributed by atoms with E-state index in [1.807, 2.05) is 0 Å². The molecule has 4 aromatic rings. The number of halogens is 2. The normalized spacial score (nSPS) is 14.9. The van der Waals surface area contributed by atoms with E-state index in [1.54, 1.807) is 31.2 Å². The maximum atomic E-state index is 13.9. The van der Waals surface area contributed by atoms with Crippen molar-refractivity contribution < 1.29 is 23.1 Å². The van der Waals surface area contributed by atoms with E-state index in [0.717, 1.165) is 6.07 Å². The predicted molar refractivity (Wildman–Crippen MR) is 149 cm³/mol. The van der Waals surface area contributed by atoms with Gasteiger partial charge < -0.3 is 25.5 Å². The number of allylic oxidation sites excluding steroid dienone is 1. The van der Waals surface area contributed by atoms with E-state index in [0.29, 0.717) is 33.1 Å². The molecule has 0 saturated heterocycles. The van der Waals surface area contributed by atoms with E-state index >= 15 is 0 Å². The van der Waals surface area contributed by atoms with Crippen LogP contribution in [0.4, 0.5) is 21.9 Å². The number of nitrogens with one attached hydrogen (secondary N) is 3. The second-order valence-corrected chi connectivity index (χ2v) is 9.26. The first-order chi connectivity index (χ1) is 19.1. The van der Waals surface area contributed by atoms with E-state index in [4.69, 9.17) is 26.5 Å². The monoisotopic (exact) mass is 563 g/mol. The molecule has 0 fully saturated rings. The quantitative estimate of drug-likeness (QED) is 0.190. The number of aliphatic imine (C=N–C) groups is 1. The summed E-state index contributed by atoms with van der Waals surface area (Å²) < 4.78 is 24.7. The van der Waals surface area contributed by atoms with Crippen molar-refractivity contribution in [2.75, 3.05) is 23.5 Å². The standard InChI is InChI=1S/C27H23ClFN7O4/c1-12-23(25(38)34-22-8-14(13(2)37)6-7-31-22)24(16-5-4-15(39-3)9-17(16)28)35-26(32-12)36-27-33-20-11-19(30)18(29)10-21(20)40-27/h4-11,24H,30H2,1-3H3,(H,31,34,38)(H2,32,33,35,36). The SMILES string of the molecule is COc1ccc(C2N=C(Nc3nc4cc(N)c(F)cc4o3)NC(C)=C2C(=O)Nc2cc(C(C)=O)ccn2)c(Cl)c1. The highest BCUT2D eigenvalue weighted by molar-refractivity contribution is 6.31. The molecule has 0 saturated carbocycles. The van der Waals surface area contributed by atoms with E-state index in [2.05, 4.69) is 30.9 Å². The van der Waals surface area contributed by atoms with Crippen LogP contribution in [0.3, 0.4) is 0 Å². The molecule has 5 N–H and O–H groups in total. The number of amides is 1. The highest BCUT2D eigenvalue weighted by atomic mass is 35.5. The van der Waals surface area contributed by atoms with Gasteiger partial charge in [0.25, 0.3) is 5.91 Å². The van der Waals surface area contributed by atoms with Crippen LogP contribution in [-0.2, 0) is 4.79 Å². The molecule has 1 unspecified atom stereocenters. The number of oxazole rings is 1. The third-order valence-electron chi connectivity index (χ3n) is 6.13. The maximum absolute atomic E-state index is 13.9. The minimum absolute atomic E-state index is 0.0248. The zero-order chi connectivity index (χ0) is 28.6. The summed E-state index contributed by atoms with van der Waals surface area (Å²) in [5.41, 5.74) is 7.72. The highest BCUT2D eigenvalue weighted by Gasteiger charge is 2.31. The molecule has 0 spiro atoms. The van der Waals surface area contributed by atoms with Gasteiger partial charge in [-0.15, -0.1) is 0 Å². The van der Waals surface area contributed by atoms with Crippen LogP contribution in [0.15, 0.2) is 69.3 Å². The number of pyridine rings is 1. The number of nitrogens with two attached hydrogens (primary N) is 1. The minimum Gasteiger partial charge on any atom is -0.497 e. The van der Waals surface area contributed by atoms with Gasteiger partial charge in [0.1, 0.15) is 28.9 Å². The van der Waals surface area contributed by atoms with Gasteiger partial charge in [0, 0.05) is 34.1 Å². The molecular weight excluding hydrogens is 541 g/mol. The van der Waals surface area contributed by atoms with Crippen molar-refractivity contribution >= 4 is 57.9 Å². The third kappa shape index (κ3) is 5.29. The second-order valence-electron chi connectivity index (χ2n) is 8.86. The number of carbonyl (C=O) groups is 2. The fraction of sp³-hybridized carbons (Fsp3) is 0.148. The molecule has 5 rings (SSSR count). The minimum atomic E-state index is -0.879. The van der Waals surface area contributed by atoms with Crippen LogP contribution >= 0.6 is 11.6 Å². The fourth-order valence-electron chi connectivity index (χ4n) is 4.14. The summed E-state index contributed by atoms with van der Waals surface area (Å²) >= 11 is 6.59. The average molecular weight is 564 g/mol. The van der Waals surface area contributed by atoms with Crippen molar-refractivity contribution in [3.8, 4) is 5.75 Å². The number of fused-ring (bicyclic) bond motifs is 1. The van der Waals surface area contributed by atoms with Crippen molar-refractivity contribution in [2.45, 2.75) is 19.9 Å². The van der Waals surface area contributed by atoms with Gasteiger partial charge in [0.15, 0.2) is 11.4 Å². The molecule has 0 radical (unpaired) electrons. The molecule has 2 aromatic carbocycles. The Bertz CT molecular complexity index is 1690. The van der Waals surface area contributed by atoms with Gasteiger partial charge in [-0.05, 0) is 44.2 Å². The van der Waals surface area contributed by atoms with Crippen LogP contribution in [0.25, 0.3) is 11.1 Å². The molecule has 1 atom stereocenters. The lowest BCUT2D eigenvalue weighted by Crippen LogP contribution is -2.37. The van der Waals surface area contributed by atoms with Crippen LogP contribution in [0.1, 0.15) is 35.8 Å². The van der Waals surface area contributed by atoms with Gasteiger partial charge >= 0.3 is 6.01 Å². The molecule has 0 aliphatic carbocycles. The Labute approximate surface area is 232 Å². The molecule has 204 valence electrons. The number of benzene rings is 2. The average Bonchev–Trinajstić information content (AvgIpc) is 3.28.